The molecule has 0 unspecified atom stereocenters. The van der Waals surface area contributed by atoms with E-state index in [2.05, 4.69) is 15.5 Å². The number of nitrogens with zero attached hydrogens (tertiary/aromatic N) is 2. The maximum Gasteiger partial charge on any atom is 0.271 e. The molecule has 5 atom stereocenters. The van der Waals surface area contributed by atoms with E-state index in [1.807, 2.05) is 0 Å². The Morgan fingerprint density at radius 3 is 2.45 bits per heavy atom. The van der Waals surface area contributed by atoms with Gasteiger partial charge in [0.1, 0.15) is 30.2 Å². The molecule has 1 aliphatic rings. The molecular formula is C19H21N3O7. The van der Waals surface area contributed by atoms with Gasteiger partial charge in [-0.05, 0) is 42.0 Å². The van der Waals surface area contributed by atoms with Crippen LogP contribution in [0.4, 0.5) is 0 Å². The quantitative estimate of drug-likeness (QED) is 0.305. The summed E-state index contributed by atoms with van der Waals surface area (Å²) in [7, 11) is 0. The molecule has 1 fully saturated rings. The highest BCUT2D eigenvalue weighted by Gasteiger charge is 2.44. The number of rotatable bonds is 6. The minimum absolute atomic E-state index is 0.326. The molecule has 1 aromatic carbocycles. The lowest BCUT2D eigenvalue weighted by atomic mass is 9.99. The summed E-state index contributed by atoms with van der Waals surface area (Å²) >= 11 is 0. The summed E-state index contributed by atoms with van der Waals surface area (Å²) < 4.78 is 10.8. The van der Waals surface area contributed by atoms with Crippen LogP contribution in [0.25, 0.3) is 0 Å². The lowest BCUT2D eigenvalue weighted by Crippen LogP contribution is -2.60. The van der Waals surface area contributed by atoms with E-state index in [0.717, 1.165) is 0 Å². The second-order valence-corrected chi connectivity index (χ2v) is 6.32. The molecule has 10 heteroatoms. The molecule has 0 radical (unpaired) electrons. The molecule has 1 aromatic heterocycles. The molecular weight excluding hydrogens is 382 g/mol. The number of aliphatic hydroxyl groups excluding tert-OH is 4. The van der Waals surface area contributed by atoms with Crippen molar-refractivity contribution in [1.82, 2.24) is 10.4 Å². The minimum Gasteiger partial charge on any atom is -0.462 e. The van der Waals surface area contributed by atoms with E-state index >= 15 is 0 Å². The molecule has 0 bridgehead atoms. The summed E-state index contributed by atoms with van der Waals surface area (Å²) in [5.41, 5.74) is 3.50. The zero-order valence-electron chi connectivity index (χ0n) is 15.2. The molecule has 3 rings (SSSR count). The Hall–Kier alpha value is -2.89. The van der Waals surface area contributed by atoms with Crippen molar-refractivity contribution in [3.05, 3.63) is 59.9 Å². The van der Waals surface area contributed by atoms with E-state index in [1.165, 1.54) is 18.6 Å². The summed E-state index contributed by atoms with van der Waals surface area (Å²) in [4.78, 5) is 15.7. The Kier molecular flexibility index (Phi) is 6.86. The Morgan fingerprint density at radius 2 is 1.79 bits per heavy atom. The van der Waals surface area contributed by atoms with Gasteiger partial charge in [0.2, 0.25) is 6.29 Å². The largest absolute Gasteiger partial charge is 0.462 e. The smallest absolute Gasteiger partial charge is 0.271 e. The second kappa shape index (κ2) is 9.54. The summed E-state index contributed by atoms with van der Waals surface area (Å²) in [6.45, 7) is -0.536. The highest BCUT2D eigenvalue weighted by Crippen LogP contribution is 2.24. The fourth-order valence-corrected chi connectivity index (χ4v) is 2.66. The molecule has 0 saturated carbocycles. The summed E-state index contributed by atoms with van der Waals surface area (Å²) in [5, 5.41) is 42.6. The highest BCUT2D eigenvalue weighted by molar-refractivity contribution is 5.94. The van der Waals surface area contributed by atoms with Crippen LogP contribution in [0.1, 0.15) is 15.9 Å². The second-order valence-electron chi connectivity index (χ2n) is 6.32. The van der Waals surface area contributed by atoms with Gasteiger partial charge < -0.3 is 29.9 Å². The molecule has 29 heavy (non-hydrogen) atoms. The number of carbonyl (C=O) groups is 1. The predicted molar refractivity (Wildman–Crippen MR) is 100 cm³/mol. The van der Waals surface area contributed by atoms with Crippen LogP contribution in [0, 0.1) is 0 Å². The number of nitrogens with one attached hydrogen (secondary N) is 1. The lowest BCUT2D eigenvalue weighted by Gasteiger charge is -2.39. The van der Waals surface area contributed by atoms with Gasteiger partial charge in [0.25, 0.3) is 5.91 Å². The molecule has 10 nitrogen and oxygen atoms in total. The summed E-state index contributed by atoms with van der Waals surface area (Å²) in [6, 6.07) is 9.59. The van der Waals surface area contributed by atoms with Crippen molar-refractivity contribution in [3.8, 4) is 5.75 Å². The number of ether oxygens (including phenoxy) is 2. The zero-order valence-corrected chi connectivity index (χ0v) is 15.2. The van der Waals surface area contributed by atoms with Gasteiger partial charge >= 0.3 is 0 Å². The van der Waals surface area contributed by atoms with E-state index < -0.39 is 37.3 Å². The first-order chi connectivity index (χ1) is 14.0. The molecule has 2 heterocycles. The number of amides is 1. The van der Waals surface area contributed by atoms with Crippen molar-refractivity contribution in [3.63, 3.8) is 0 Å². The minimum atomic E-state index is -1.51. The maximum atomic E-state index is 11.9. The topological polar surface area (TPSA) is 154 Å². The van der Waals surface area contributed by atoms with Crippen molar-refractivity contribution < 1.29 is 34.7 Å². The fourth-order valence-electron chi connectivity index (χ4n) is 2.66. The van der Waals surface area contributed by atoms with Crippen LogP contribution >= 0.6 is 0 Å². The Labute approximate surface area is 166 Å². The van der Waals surface area contributed by atoms with E-state index in [-0.39, 0.29) is 5.91 Å². The van der Waals surface area contributed by atoms with Crippen LogP contribution < -0.4 is 10.2 Å². The van der Waals surface area contributed by atoms with Crippen LogP contribution in [0.15, 0.2) is 53.9 Å². The van der Waals surface area contributed by atoms with Gasteiger partial charge in [-0.3, -0.25) is 9.78 Å². The van der Waals surface area contributed by atoms with Crippen molar-refractivity contribution in [2.75, 3.05) is 6.61 Å². The zero-order chi connectivity index (χ0) is 20.8. The number of hydrazone groups is 1. The van der Waals surface area contributed by atoms with E-state index in [1.54, 1.807) is 36.4 Å². The third kappa shape index (κ3) is 5.13. The van der Waals surface area contributed by atoms with Crippen LogP contribution in [0.3, 0.4) is 0 Å². The molecule has 1 amide bonds. The van der Waals surface area contributed by atoms with Crippen molar-refractivity contribution in [1.29, 1.82) is 0 Å². The van der Waals surface area contributed by atoms with E-state index in [4.69, 9.17) is 9.47 Å². The van der Waals surface area contributed by atoms with Gasteiger partial charge in [-0.2, -0.15) is 5.10 Å². The van der Waals surface area contributed by atoms with Crippen LogP contribution in [0.2, 0.25) is 0 Å². The molecule has 0 spiro atoms. The van der Waals surface area contributed by atoms with Gasteiger partial charge in [0.15, 0.2) is 0 Å². The standard InChI is InChI=1S/C19H21N3O7/c23-10-14-15(24)16(25)17(26)19(29-14)28-13-3-1-11(2-4-13)9-21-22-18(27)12-5-7-20-8-6-12/h1-9,14-17,19,23-26H,10H2,(H,22,27)/t14-,15-,16+,17-,19-/m1/s1. The molecule has 1 saturated heterocycles. The first-order valence-electron chi connectivity index (χ1n) is 8.80. The van der Waals surface area contributed by atoms with Gasteiger partial charge in [-0.15, -0.1) is 0 Å². The number of hydrogen-bond acceptors (Lipinski definition) is 9. The molecule has 154 valence electrons. The van der Waals surface area contributed by atoms with Crippen molar-refractivity contribution in [2.24, 2.45) is 5.10 Å². The Morgan fingerprint density at radius 1 is 1.10 bits per heavy atom. The summed E-state index contributed by atoms with van der Waals surface area (Å²) in [5.74, 6) is -0.0430. The third-order valence-corrected chi connectivity index (χ3v) is 4.30. The van der Waals surface area contributed by atoms with Crippen LogP contribution in [-0.2, 0) is 4.74 Å². The number of benzene rings is 1. The number of carbonyl (C=O) groups excluding carboxylic acids is 1. The Bertz CT molecular complexity index is 829. The molecule has 1 aliphatic heterocycles. The average Bonchev–Trinajstić information content (AvgIpc) is 2.75. The molecule has 2 aromatic rings. The fraction of sp³-hybridized carbons (Fsp3) is 0.316. The molecule has 5 N–H and O–H groups in total. The monoisotopic (exact) mass is 403 g/mol. The van der Waals surface area contributed by atoms with Crippen LogP contribution in [-0.4, -0.2) is 74.8 Å². The highest BCUT2D eigenvalue weighted by atomic mass is 16.7. The number of pyridine rings is 1. The number of hydrogen-bond donors (Lipinski definition) is 5. The maximum absolute atomic E-state index is 11.9. The van der Waals surface area contributed by atoms with Gasteiger partial charge in [0.05, 0.1) is 12.8 Å². The Balaban J connectivity index is 1.56. The van der Waals surface area contributed by atoms with Gasteiger partial charge in [-0.25, -0.2) is 5.43 Å². The normalized spacial score (nSPS) is 27.0. The van der Waals surface area contributed by atoms with Crippen molar-refractivity contribution in [2.45, 2.75) is 30.7 Å². The lowest BCUT2D eigenvalue weighted by molar-refractivity contribution is -0.277. The average molecular weight is 403 g/mol. The van der Waals surface area contributed by atoms with Crippen LogP contribution in [0.5, 0.6) is 5.75 Å². The predicted octanol–water partition coefficient (Wildman–Crippen LogP) is -0.976. The number of aromatic nitrogens is 1. The first kappa shape index (κ1) is 20.8. The third-order valence-electron chi connectivity index (χ3n) is 4.30. The molecule has 0 aliphatic carbocycles. The van der Waals surface area contributed by atoms with E-state index in [9.17, 15) is 25.2 Å². The van der Waals surface area contributed by atoms with E-state index in [0.29, 0.717) is 16.9 Å². The number of aliphatic hydroxyl groups is 4. The first-order valence-corrected chi connectivity index (χ1v) is 8.80. The SMILES string of the molecule is O=C(NN=Cc1ccc(O[C@@H]2O[C@H](CO)[C@@H](O)[C@H](O)[C@H]2O)cc1)c1ccncc1. The van der Waals surface area contributed by atoms with Gasteiger partial charge in [-0.1, -0.05) is 0 Å². The summed E-state index contributed by atoms with van der Waals surface area (Å²) in [6.07, 6.45) is -2.30. The van der Waals surface area contributed by atoms with Crippen molar-refractivity contribution >= 4 is 12.1 Å². The van der Waals surface area contributed by atoms with Gasteiger partial charge in [0, 0.05) is 18.0 Å².